The zero-order valence-electron chi connectivity index (χ0n) is 12.3. The summed E-state index contributed by atoms with van der Waals surface area (Å²) in [6.07, 6.45) is 0.633. The van der Waals surface area contributed by atoms with Crippen molar-refractivity contribution in [2.24, 2.45) is 5.73 Å². The van der Waals surface area contributed by atoms with Crippen LogP contribution in [0.4, 0.5) is 0 Å². The fourth-order valence-corrected chi connectivity index (χ4v) is 3.76. The molecule has 7 heteroatoms. The maximum absolute atomic E-state index is 12.7. The molecule has 0 aromatic heterocycles. The number of sulfonamides is 1. The van der Waals surface area contributed by atoms with Gasteiger partial charge in [0.05, 0.1) is 11.4 Å². The third-order valence-corrected chi connectivity index (χ3v) is 5.50. The van der Waals surface area contributed by atoms with E-state index in [1.54, 1.807) is 43.1 Å². The Morgan fingerprint density at radius 1 is 1.29 bits per heavy atom. The third kappa shape index (κ3) is 3.42. The number of benzene rings is 1. The second kappa shape index (κ2) is 6.13. The molecular weight excluding hydrogens is 290 g/mol. The minimum atomic E-state index is -3.67. The summed E-state index contributed by atoms with van der Waals surface area (Å²) >= 11 is 0. The molecule has 1 unspecified atom stereocenters. The number of nitrogens with zero attached hydrogens (tertiary/aromatic N) is 2. The van der Waals surface area contributed by atoms with Gasteiger partial charge in [-0.05, 0) is 31.0 Å². The van der Waals surface area contributed by atoms with Gasteiger partial charge in [0.1, 0.15) is 0 Å². The average Bonchev–Trinajstić information content (AvgIpc) is 2.61. The molecule has 21 heavy (non-hydrogen) atoms. The van der Waals surface area contributed by atoms with E-state index in [1.165, 1.54) is 4.31 Å². The summed E-state index contributed by atoms with van der Waals surface area (Å²) < 4.78 is 26.6. The van der Waals surface area contributed by atoms with Gasteiger partial charge < -0.3 is 10.6 Å². The van der Waals surface area contributed by atoms with Crippen molar-refractivity contribution >= 4 is 15.9 Å². The molecule has 1 heterocycles. The summed E-state index contributed by atoms with van der Waals surface area (Å²) in [5, 5.41) is 0. The van der Waals surface area contributed by atoms with E-state index in [4.69, 9.17) is 5.73 Å². The zero-order chi connectivity index (χ0) is 15.6. The van der Waals surface area contributed by atoms with E-state index in [2.05, 4.69) is 0 Å². The van der Waals surface area contributed by atoms with Crippen LogP contribution < -0.4 is 5.73 Å². The van der Waals surface area contributed by atoms with Crippen molar-refractivity contribution in [1.82, 2.24) is 9.21 Å². The van der Waals surface area contributed by atoms with Gasteiger partial charge in [0.15, 0.2) is 0 Å². The van der Waals surface area contributed by atoms with Crippen LogP contribution in [0.2, 0.25) is 0 Å². The van der Waals surface area contributed by atoms with Crippen LogP contribution in [-0.2, 0) is 14.8 Å². The van der Waals surface area contributed by atoms with E-state index in [9.17, 15) is 13.2 Å². The molecule has 6 nitrogen and oxygen atoms in total. The van der Waals surface area contributed by atoms with Crippen LogP contribution in [0.25, 0.3) is 0 Å². The summed E-state index contributed by atoms with van der Waals surface area (Å²) in [6.45, 7) is 2.61. The Balaban J connectivity index is 2.33. The van der Waals surface area contributed by atoms with Crippen molar-refractivity contribution in [3.63, 3.8) is 0 Å². The molecule has 116 valence electrons. The van der Waals surface area contributed by atoms with Gasteiger partial charge in [-0.3, -0.25) is 4.79 Å². The molecule has 1 saturated heterocycles. The highest BCUT2D eigenvalue weighted by molar-refractivity contribution is 7.89. The molecule has 1 aromatic rings. The fourth-order valence-electron chi connectivity index (χ4n) is 2.27. The summed E-state index contributed by atoms with van der Waals surface area (Å²) in [5.41, 5.74) is 6.56. The Hall–Kier alpha value is -1.44. The normalized spacial score (nSPS) is 19.4. The highest BCUT2D eigenvalue weighted by atomic mass is 32.2. The van der Waals surface area contributed by atoms with E-state index < -0.39 is 10.0 Å². The van der Waals surface area contributed by atoms with E-state index in [0.29, 0.717) is 19.5 Å². The lowest BCUT2D eigenvalue weighted by atomic mass is 10.1. The molecule has 2 rings (SSSR count). The molecule has 1 atom stereocenters. The standard InChI is InChI=1S/C14H21N3O3S/c1-11(15)12-5-3-6-13(9-12)21(19,20)17-8-4-7-16(2)14(18)10-17/h3,5-6,9,11H,4,7-8,10,15H2,1-2H3. The molecule has 0 aliphatic carbocycles. The van der Waals surface area contributed by atoms with Crippen LogP contribution in [0.5, 0.6) is 0 Å². The molecule has 1 aliphatic heterocycles. The van der Waals surface area contributed by atoms with Gasteiger partial charge in [0.25, 0.3) is 0 Å². The van der Waals surface area contributed by atoms with E-state index >= 15 is 0 Å². The maximum Gasteiger partial charge on any atom is 0.243 e. The molecule has 0 saturated carbocycles. The van der Waals surface area contributed by atoms with Crippen LogP contribution in [0, 0.1) is 0 Å². The second-order valence-electron chi connectivity index (χ2n) is 5.37. The monoisotopic (exact) mass is 311 g/mol. The second-order valence-corrected chi connectivity index (χ2v) is 7.31. The lowest BCUT2D eigenvalue weighted by Gasteiger charge is -2.20. The molecule has 1 aliphatic rings. The summed E-state index contributed by atoms with van der Waals surface area (Å²) in [7, 11) is -1.98. The van der Waals surface area contributed by atoms with Crippen molar-refractivity contribution in [3.8, 4) is 0 Å². The van der Waals surface area contributed by atoms with Gasteiger partial charge in [-0.15, -0.1) is 0 Å². The third-order valence-electron chi connectivity index (χ3n) is 3.66. The molecular formula is C14H21N3O3S. The molecule has 1 amide bonds. The lowest BCUT2D eigenvalue weighted by molar-refractivity contribution is -0.129. The van der Waals surface area contributed by atoms with Gasteiger partial charge in [0, 0.05) is 26.2 Å². The highest BCUT2D eigenvalue weighted by Crippen LogP contribution is 2.21. The number of amides is 1. The van der Waals surface area contributed by atoms with Gasteiger partial charge in [0.2, 0.25) is 15.9 Å². The molecule has 0 spiro atoms. The number of carbonyl (C=O) groups is 1. The van der Waals surface area contributed by atoms with E-state index in [0.717, 1.165) is 5.56 Å². The molecule has 2 N–H and O–H groups in total. The number of nitrogens with two attached hydrogens (primary N) is 1. The SMILES string of the molecule is CC(N)c1cccc(S(=O)(=O)N2CCCN(C)C(=O)C2)c1. The number of carbonyl (C=O) groups excluding carboxylic acids is 1. The van der Waals surface area contributed by atoms with Crippen LogP contribution in [-0.4, -0.2) is 50.2 Å². The minimum Gasteiger partial charge on any atom is -0.345 e. The fraction of sp³-hybridized carbons (Fsp3) is 0.500. The summed E-state index contributed by atoms with van der Waals surface area (Å²) in [5.74, 6) is -0.181. The lowest BCUT2D eigenvalue weighted by Crippen LogP contribution is -2.38. The van der Waals surface area contributed by atoms with Gasteiger partial charge in [-0.25, -0.2) is 8.42 Å². The number of likely N-dealkylation sites (N-methyl/N-ethyl adjacent to an activating group) is 1. The number of hydrogen-bond acceptors (Lipinski definition) is 4. The first kappa shape index (κ1) is 15.9. The number of rotatable bonds is 3. The molecule has 0 bridgehead atoms. The Morgan fingerprint density at radius 2 is 2.00 bits per heavy atom. The van der Waals surface area contributed by atoms with Crippen molar-refractivity contribution < 1.29 is 13.2 Å². The minimum absolute atomic E-state index is 0.110. The topological polar surface area (TPSA) is 83.7 Å². The summed E-state index contributed by atoms with van der Waals surface area (Å²) in [6, 6.07) is 6.36. The van der Waals surface area contributed by atoms with Crippen molar-refractivity contribution in [2.75, 3.05) is 26.7 Å². The quantitative estimate of drug-likeness (QED) is 0.884. The highest BCUT2D eigenvalue weighted by Gasteiger charge is 2.29. The Kier molecular flexibility index (Phi) is 4.65. The van der Waals surface area contributed by atoms with E-state index in [-0.39, 0.29) is 23.4 Å². The first-order chi connectivity index (χ1) is 9.82. The smallest absolute Gasteiger partial charge is 0.243 e. The largest absolute Gasteiger partial charge is 0.345 e. The van der Waals surface area contributed by atoms with Crippen molar-refractivity contribution in [3.05, 3.63) is 29.8 Å². The predicted molar refractivity (Wildman–Crippen MR) is 80.1 cm³/mol. The van der Waals surface area contributed by atoms with Gasteiger partial charge in [-0.1, -0.05) is 12.1 Å². The first-order valence-electron chi connectivity index (χ1n) is 6.92. The molecule has 0 radical (unpaired) electrons. The first-order valence-corrected chi connectivity index (χ1v) is 8.36. The maximum atomic E-state index is 12.7. The molecule has 1 fully saturated rings. The molecule has 1 aromatic carbocycles. The Morgan fingerprint density at radius 3 is 2.67 bits per heavy atom. The zero-order valence-corrected chi connectivity index (χ0v) is 13.1. The van der Waals surface area contributed by atoms with E-state index in [1.807, 2.05) is 0 Å². The van der Waals surface area contributed by atoms with Crippen LogP contribution in [0.3, 0.4) is 0 Å². The van der Waals surface area contributed by atoms with Crippen LogP contribution >= 0.6 is 0 Å². The van der Waals surface area contributed by atoms with Gasteiger partial charge >= 0.3 is 0 Å². The number of hydrogen-bond donors (Lipinski definition) is 1. The van der Waals surface area contributed by atoms with Crippen LogP contribution in [0.15, 0.2) is 29.2 Å². The van der Waals surface area contributed by atoms with Crippen LogP contribution in [0.1, 0.15) is 24.9 Å². The van der Waals surface area contributed by atoms with Gasteiger partial charge in [-0.2, -0.15) is 4.31 Å². The predicted octanol–water partition coefficient (Wildman–Crippen LogP) is 0.559. The average molecular weight is 311 g/mol. The summed E-state index contributed by atoms with van der Waals surface area (Å²) in [4.78, 5) is 13.6. The Bertz CT molecular complexity index is 628. The van der Waals surface area contributed by atoms with Crippen molar-refractivity contribution in [1.29, 1.82) is 0 Å². The van der Waals surface area contributed by atoms with Crippen molar-refractivity contribution in [2.45, 2.75) is 24.3 Å². The Labute approximate surface area is 125 Å².